The lowest BCUT2D eigenvalue weighted by Crippen LogP contribution is -2.39. The van der Waals surface area contributed by atoms with Crippen molar-refractivity contribution in [2.45, 2.75) is 39.0 Å². The molecule has 0 radical (unpaired) electrons. The third kappa shape index (κ3) is 5.32. The zero-order chi connectivity index (χ0) is 25.8. The summed E-state index contributed by atoms with van der Waals surface area (Å²) >= 11 is 0. The van der Waals surface area contributed by atoms with Crippen molar-refractivity contribution in [1.29, 1.82) is 0 Å². The monoisotopic (exact) mass is 490 g/mol. The zero-order valence-electron chi connectivity index (χ0n) is 20.2. The van der Waals surface area contributed by atoms with Gasteiger partial charge in [-0.05, 0) is 62.2 Å². The number of alkyl halides is 1. The molecule has 1 aliphatic heterocycles. The maximum absolute atomic E-state index is 14.0. The number of aryl methyl sites for hydroxylation is 1. The van der Waals surface area contributed by atoms with Crippen LogP contribution in [0.5, 0.6) is 0 Å². The van der Waals surface area contributed by atoms with Gasteiger partial charge in [0.1, 0.15) is 24.6 Å². The number of carbonyl (C=O) groups excluding carboxylic acids is 2. The van der Waals surface area contributed by atoms with Crippen molar-refractivity contribution in [3.8, 4) is 11.1 Å². The van der Waals surface area contributed by atoms with Crippen LogP contribution in [0.25, 0.3) is 11.1 Å². The van der Waals surface area contributed by atoms with Crippen molar-refractivity contribution < 1.29 is 18.7 Å². The molecule has 9 nitrogen and oxygen atoms in total. The molecule has 3 aromatic rings. The fraction of sp³-hybridized carbons (Fsp3) is 0.269. The highest BCUT2D eigenvalue weighted by atomic mass is 19.1. The standard InChI is InChI=1S/C26H27FN6O3/c1-5-24(34)31-19-8-6-7-18(12-19)20-13-29-21(11-15(20)2)17(4)30-25-28-10-9-23(32-25)33-22(16(3)27)14-36-26(33)35/h5-13,16-17,22H,1,14H2,2-4H3,(H,31,34)(H,28,30,32)/t16-,17-,22+/m0/s1. The number of nitrogens with zero attached hydrogens (tertiary/aromatic N) is 4. The number of hydrogen-bond donors (Lipinski definition) is 2. The average molecular weight is 491 g/mol. The summed E-state index contributed by atoms with van der Waals surface area (Å²) in [5.41, 5.74) is 4.27. The topological polar surface area (TPSA) is 109 Å². The van der Waals surface area contributed by atoms with Gasteiger partial charge in [-0.15, -0.1) is 0 Å². The minimum Gasteiger partial charge on any atom is -0.447 e. The second-order valence-corrected chi connectivity index (χ2v) is 8.49. The molecule has 186 valence electrons. The largest absolute Gasteiger partial charge is 0.447 e. The molecule has 0 bridgehead atoms. The van der Waals surface area contributed by atoms with E-state index in [0.717, 1.165) is 22.4 Å². The van der Waals surface area contributed by atoms with E-state index in [4.69, 9.17) is 4.74 Å². The summed E-state index contributed by atoms with van der Waals surface area (Å²) < 4.78 is 19.0. The van der Waals surface area contributed by atoms with E-state index in [2.05, 4.69) is 32.2 Å². The summed E-state index contributed by atoms with van der Waals surface area (Å²) in [7, 11) is 0. The molecule has 1 aliphatic rings. The number of cyclic esters (lactones) is 1. The third-order valence-electron chi connectivity index (χ3n) is 5.87. The van der Waals surface area contributed by atoms with Gasteiger partial charge in [-0.1, -0.05) is 18.7 Å². The number of rotatable bonds is 8. The van der Waals surface area contributed by atoms with Crippen LogP contribution in [-0.2, 0) is 9.53 Å². The number of anilines is 3. The fourth-order valence-corrected chi connectivity index (χ4v) is 3.93. The first kappa shape index (κ1) is 24.8. The Morgan fingerprint density at radius 2 is 2.08 bits per heavy atom. The fourth-order valence-electron chi connectivity index (χ4n) is 3.93. The Morgan fingerprint density at radius 1 is 1.28 bits per heavy atom. The maximum Gasteiger partial charge on any atom is 0.416 e. The highest BCUT2D eigenvalue weighted by molar-refractivity contribution is 5.99. The number of carbonyl (C=O) groups is 2. The van der Waals surface area contributed by atoms with Gasteiger partial charge in [0, 0.05) is 23.6 Å². The number of halogens is 1. The lowest BCUT2D eigenvalue weighted by molar-refractivity contribution is -0.111. The normalized spacial score (nSPS) is 16.7. The van der Waals surface area contributed by atoms with E-state index in [-0.39, 0.29) is 30.3 Å². The SMILES string of the molecule is C=CC(=O)Nc1cccc(-c2cnc([C@H](C)Nc3nccc(N4C(=O)OC[C@@H]4[C@H](C)F)n3)cc2C)c1. The number of hydrogen-bond acceptors (Lipinski definition) is 7. The molecule has 1 saturated heterocycles. The third-order valence-corrected chi connectivity index (χ3v) is 5.87. The highest BCUT2D eigenvalue weighted by Gasteiger charge is 2.39. The van der Waals surface area contributed by atoms with Crippen molar-refractivity contribution in [2.24, 2.45) is 0 Å². The predicted molar refractivity (Wildman–Crippen MR) is 135 cm³/mol. The van der Waals surface area contributed by atoms with E-state index in [9.17, 15) is 14.0 Å². The smallest absolute Gasteiger partial charge is 0.416 e. The van der Waals surface area contributed by atoms with Gasteiger partial charge >= 0.3 is 6.09 Å². The summed E-state index contributed by atoms with van der Waals surface area (Å²) in [5, 5.41) is 5.95. The molecule has 10 heteroatoms. The van der Waals surface area contributed by atoms with Gasteiger partial charge in [-0.3, -0.25) is 14.7 Å². The van der Waals surface area contributed by atoms with Gasteiger partial charge in [0.05, 0.1) is 11.7 Å². The number of aromatic nitrogens is 3. The van der Waals surface area contributed by atoms with Crippen molar-refractivity contribution in [1.82, 2.24) is 15.0 Å². The van der Waals surface area contributed by atoms with E-state index in [1.54, 1.807) is 18.3 Å². The predicted octanol–water partition coefficient (Wildman–Crippen LogP) is 4.83. The van der Waals surface area contributed by atoms with E-state index < -0.39 is 18.3 Å². The number of nitrogens with one attached hydrogen (secondary N) is 2. The molecule has 2 amide bonds. The Balaban J connectivity index is 1.51. The quantitative estimate of drug-likeness (QED) is 0.435. The molecule has 36 heavy (non-hydrogen) atoms. The van der Waals surface area contributed by atoms with E-state index in [1.165, 1.54) is 24.1 Å². The summed E-state index contributed by atoms with van der Waals surface area (Å²) in [6.45, 7) is 8.72. The molecule has 2 N–H and O–H groups in total. The van der Waals surface area contributed by atoms with E-state index in [0.29, 0.717) is 5.69 Å². The van der Waals surface area contributed by atoms with Gasteiger partial charge in [0.25, 0.3) is 0 Å². The molecular weight excluding hydrogens is 463 g/mol. The van der Waals surface area contributed by atoms with Crippen molar-refractivity contribution >= 4 is 29.5 Å². The highest BCUT2D eigenvalue weighted by Crippen LogP contribution is 2.28. The molecule has 0 saturated carbocycles. The Bertz CT molecular complexity index is 1300. The Morgan fingerprint density at radius 3 is 2.81 bits per heavy atom. The molecule has 3 heterocycles. The van der Waals surface area contributed by atoms with Crippen LogP contribution in [0.2, 0.25) is 0 Å². The molecule has 2 aromatic heterocycles. The zero-order valence-corrected chi connectivity index (χ0v) is 20.2. The van der Waals surface area contributed by atoms with Crippen LogP contribution in [0.4, 0.5) is 26.6 Å². The van der Waals surface area contributed by atoms with Gasteiger partial charge in [0.2, 0.25) is 11.9 Å². The van der Waals surface area contributed by atoms with Gasteiger partial charge < -0.3 is 15.4 Å². The number of benzene rings is 1. The number of amides is 2. The van der Waals surface area contributed by atoms with Gasteiger partial charge in [-0.2, -0.15) is 4.98 Å². The van der Waals surface area contributed by atoms with E-state index >= 15 is 0 Å². The van der Waals surface area contributed by atoms with Crippen molar-refractivity contribution in [3.05, 3.63) is 72.7 Å². The second-order valence-electron chi connectivity index (χ2n) is 8.49. The minimum absolute atomic E-state index is 0.0290. The van der Waals surface area contributed by atoms with Crippen LogP contribution in [-0.4, -0.2) is 45.8 Å². The number of pyridine rings is 1. The molecule has 0 aliphatic carbocycles. The lowest BCUT2D eigenvalue weighted by atomic mass is 10.0. The number of ether oxygens (including phenoxy) is 1. The first-order valence-electron chi connectivity index (χ1n) is 11.5. The summed E-state index contributed by atoms with van der Waals surface area (Å²) in [6, 6.07) is 10.0. The summed E-state index contributed by atoms with van der Waals surface area (Å²) in [6.07, 6.45) is 2.60. The van der Waals surface area contributed by atoms with Crippen LogP contribution in [0, 0.1) is 6.92 Å². The maximum atomic E-state index is 14.0. The second kappa shape index (κ2) is 10.5. The van der Waals surface area contributed by atoms with Gasteiger partial charge in [-0.25, -0.2) is 14.2 Å². The first-order valence-corrected chi connectivity index (χ1v) is 11.5. The molecule has 0 spiro atoms. The van der Waals surface area contributed by atoms with Gasteiger partial charge in [0.15, 0.2) is 0 Å². The Hall–Kier alpha value is -4.34. The molecule has 1 fully saturated rings. The van der Waals surface area contributed by atoms with Crippen LogP contribution in [0.15, 0.2) is 61.4 Å². The molecule has 3 atom stereocenters. The molecule has 4 rings (SSSR count). The Kier molecular flexibility index (Phi) is 7.23. The van der Waals surface area contributed by atoms with Crippen molar-refractivity contribution in [2.75, 3.05) is 22.1 Å². The summed E-state index contributed by atoms with van der Waals surface area (Å²) in [4.78, 5) is 38.2. The van der Waals surface area contributed by atoms with E-state index in [1.807, 2.05) is 38.1 Å². The average Bonchev–Trinajstić information content (AvgIpc) is 3.26. The van der Waals surface area contributed by atoms with Crippen LogP contribution >= 0.6 is 0 Å². The molecule has 1 aromatic carbocycles. The summed E-state index contributed by atoms with van der Waals surface area (Å²) in [5.74, 6) is 0.263. The lowest BCUT2D eigenvalue weighted by Gasteiger charge is -2.22. The van der Waals surface area contributed by atoms with Crippen LogP contribution in [0.3, 0.4) is 0 Å². The minimum atomic E-state index is -1.27. The van der Waals surface area contributed by atoms with Crippen molar-refractivity contribution in [3.63, 3.8) is 0 Å². The molecular formula is C26H27FN6O3. The Labute approximate surface area is 208 Å². The van der Waals surface area contributed by atoms with Crippen LogP contribution < -0.4 is 15.5 Å². The van der Waals surface area contributed by atoms with Crippen LogP contribution in [0.1, 0.15) is 31.1 Å². The first-order chi connectivity index (χ1) is 17.3. The molecule has 0 unspecified atom stereocenters.